The van der Waals surface area contributed by atoms with Crippen LogP contribution >= 0.6 is 11.6 Å². The number of nitrogens with zero attached hydrogens (tertiary/aromatic N) is 1. The highest BCUT2D eigenvalue weighted by Gasteiger charge is 2.25. The fraction of sp³-hybridized carbons (Fsp3) is 0.250. The third kappa shape index (κ3) is 3.07. The molecule has 0 radical (unpaired) electrons. The van der Waals surface area contributed by atoms with Gasteiger partial charge in [0.05, 0.1) is 6.42 Å². The third-order valence-electron chi connectivity index (χ3n) is 2.57. The van der Waals surface area contributed by atoms with Gasteiger partial charge in [0, 0.05) is 5.02 Å². The van der Waals surface area contributed by atoms with E-state index in [1.165, 1.54) is 4.90 Å². The van der Waals surface area contributed by atoms with Crippen molar-refractivity contribution < 1.29 is 14.4 Å². The van der Waals surface area contributed by atoms with E-state index in [1.54, 1.807) is 24.3 Å². The van der Waals surface area contributed by atoms with E-state index in [9.17, 15) is 14.4 Å². The van der Waals surface area contributed by atoms with Crippen LogP contribution in [0.3, 0.4) is 0 Å². The lowest BCUT2D eigenvalue weighted by Gasteiger charge is -2.25. The molecule has 0 aromatic heterocycles. The van der Waals surface area contributed by atoms with Crippen LogP contribution in [0.1, 0.15) is 5.56 Å². The van der Waals surface area contributed by atoms with E-state index < -0.39 is 11.8 Å². The fourth-order valence-electron chi connectivity index (χ4n) is 1.70. The van der Waals surface area contributed by atoms with Crippen molar-refractivity contribution in [2.45, 2.75) is 6.42 Å². The standard InChI is InChI=1S/C12H11ClN2O3/c13-9-3-1-8(2-4-9)5-12(18)15-6-10(16)14-11(17)7-15/h1-4H,5-7H2,(H,14,16,17). The molecule has 0 atom stereocenters. The zero-order valence-electron chi connectivity index (χ0n) is 9.48. The molecule has 0 aliphatic carbocycles. The Balaban J connectivity index is 2.01. The van der Waals surface area contributed by atoms with Crippen molar-refractivity contribution in [1.82, 2.24) is 10.2 Å². The first kappa shape index (κ1) is 12.6. The van der Waals surface area contributed by atoms with Gasteiger partial charge in [0.25, 0.3) is 0 Å². The van der Waals surface area contributed by atoms with Gasteiger partial charge in [-0.25, -0.2) is 0 Å². The van der Waals surface area contributed by atoms with Crippen LogP contribution in [0.2, 0.25) is 5.02 Å². The Morgan fingerprint density at radius 3 is 2.28 bits per heavy atom. The second kappa shape index (κ2) is 5.18. The Bertz CT molecular complexity index is 483. The Morgan fingerprint density at radius 1 is 1.17 bits per heavy atom. The van der Waals surface area contributed by atoms with Gasteiger partial charge in [-0.1, -0.05) is 23.7 Å². The van der Waals surface area contributed by atoms with Crippen LogP contribution in [0, 0.1) is 0 Å². The summed E-state index contributed by atoms with van der Waals surface area (Å²) in [6, 6.07) is 6.87. The lowest BCUT2D eigenvalue weighted by atomic mass is 10.1. The summed E-state index contributed by atoms with van der Waals surface area (Å²) in [6.45, 7) is -0.143. The molecule has 0 saturated carbocycles. The molecule has 1 saturated heterocycles. The van der Waals surface area contributed by atoms with E-state index >= 15 is 0 Å². The summed E-state index contributed by atoms with van der Waals surface area (Å²) in [4.78, 5) is 35.4. The van der Waals surface area contributed by atoms with Crippen molar-refractivity contribution in [2.75, 3.05) is 13.1 Å². The normalized spacial score (nSPS) is 15.5. The molecule has 0 spiro atoms. The average molecular weight is 267 g/mol. The summed E-state index contributed by atoms with van der Waals surface area (Å²) >= 11 is 5.74. The maximum Gasteiger partial charge on any atom is 0.246 e. The number of amides is 3. The first-order valence-corrected chi connectivity index (χ1v) is 5.77. The summed E-state index contributed by atoms with van der Waals surface area (Å²) in [5.74, 6) is -1.15. The molecule has 94 valence electrons. The topological polar surface area (TPSA) is 66.5 Å². The average Bonchev–Trinajstić information content (AvgIpc) is 2.31. The van der Waals surface area contributed by atoms with Crippen molar-refractivity contribution in [3.63, 3.8) is 0 Å². The second-order valence-corrected chi connectivity index (χ2v) is 4.46. The number of benzene rings is 1. The number of halogens is 1. The van der Waals surface area contributed by atoms with Gasteiger partial charge < -0.3 is 4.90 Å². The van der Waals surface area contributed by atoms with Crippen LogP contribution in [0.5, 0.6) is 0 Å². The van der Waals surface area contributed by atoms with Crippen LogP contribution in [0.4, 0.5) is 0 Å². The van der Waals surface area contributed by atoms with Crippen molar-refractivity contribution >= 4 is 29.3 Å². The van der Waals surface area contributed by atoms with E-state index in [0.29, 0.717) is 5.02 Å². The Hall–Kier alpha value is -1.88. The third-order valence-corrected chi connectivity index (χ3v) is 2.82. The Morgan fingerprint density at radius 2 is 1.72 bits per heavy atom. The van der Waals surface area contributed by atoms with Crippen LogP contribution in [0.25, 0.3) is 0 Å². The fourth-order valence-corrected chi connectivity index (χ4v) is 1.83. The number of carbonyl (C=O) groups excluding carboxylic acids is 3. The molecule has 1 aliphatic heterocycles. The highest BCUT2D eigenvalue weighted by atomic mass is 35.5. The summed E-state index contributed by atoms with van der Waals surface area (Å²) in [5, 5.41) is 2.74. The SMILES string of the molecule is O=C1CN(C(=O)Cc2ccc(Cl)cc2)CC(=O)N1. The van der Waals surface area contributed by atoms with E-state index in [4.69, 9.17) is 11.6 Å². The highest BCUT2D eigenvalue weighted by Crippen LogP contribution is 2.11. The van der Waals surface area contributed by atoms with Crippen LogP contribution < -0.4 is 5.32 Å². The first-order chi connectivity index (χ1) is 8.54. The van der Waals surface area contributed by atoms with Gasteiger partial charge >= 0.3 is 0 Å². The molecule has 1 aliphatic rings. The Kier molecular flexibility index (Phi) is 3.62. The number of hydrogen-bond acceptors (Lipinski definition) is 3. The van der Waals surface area contributed by atoms with Crippen molar-refractivity contribution in [2.24, 2.45) is 0 Å². The molecule has 1 aromatic rings. The Labute approximate surface area is 109 Å². The molecule has 3 amide bonds. The lowest BCUT2D eigenvalue weighted by molar-refractivity contribution is -0.145. The summed E-state index contributed by atoms with van der Waals surface area (Å²) in [7, 11) is 0. The second-order valence-electron chi connectivity index (χ2n) is 4.02. The van der Waals surface area contributed by atoms with Crippen molar-refractivity contribution in [3.05, 3.63) is 34.9 Å². The van der Waals surface area contributed by atoms with Crippen LogP contribution in [0.15, 0.2) is 24.3 Å². The maximum absolute atomic E-state index is 11.9. The summed E-state index contributed by atoms with van der Waals surface area (Å²) < 4.78 is 0. The molecule has 1 heterocycles. The molecule has 6 heteroatoms. The van der Waals surface area contributed by atoms with Crippen molar-refractivity contribution in [3.8, 4) is 0 Å². The van der Waals surface area contributed by atoms with Gasteiger partial charge in [0.15, 0.2) is 0 Å². The smallest absolute Gasteiger partial charge is 0.246 e. The van der Waals surface area contributed by atoms with E-state index in [2.05, 4.69) is 5.32 Å². The van der Waals surface area contributed by atoms with Gasteiger partial charge in [0.1, 0.15) is 13.1 Å². The minimum absolute atomic E-state index is 0.0713. The first-order valence-electron chi connectivity index (χ1n) is 5.39. The van der Waals surface area contributed by atoms with Gasteiger partial charge in [-0.05, 0) is 17.7 Å². The largest absolute Gasteiger partial charge is 0.324 e. The van der Waals surface area contributed by atoms with Gasteiger partial charge in [0.2, 0.25) is 17.7 Å². The number of nitrogens with one attached hydrogen (secondary N) is 1. The molecule has 2 rings (SSSR count). The predicted molar refractivity (Wildman–Crippen MR) is 64.9 cm³/mol. The van der Waals surface area contributed by atoms with Gasteiger partial charge in [-0.15, -0.1) is 0 Å². The van der Waals surface area contributed by atoms with E-state index in [1.807, 2.05) is 0 Å². The molecular weight excluding hydrogens is 256 g/mol. The molecule has 0 unspecified atom stereocenters. The zero-order chi connectivity index (χ0) is 13.1. The molecular formula is C12H11ClN2O3. The summed E-state index contributed by atoms with van der Waals surface area (Å²) in [5.41, 5.74) is 0.794. The molecule has 18 heavy (non-hydrogen) atoms. The molecule has 1 N–H and O–H groups in total. The molecule has 1 aromatic carbocycles. The minimum atomic E-state index is -0.448. The highest BCUT2D eigenvalue weighted by molar-refractivity contribution is 6.30. The molecule has 1 fully saturated rings. The number of piperazine rings is 1. The minimum Gasteiger partial charge on any atom is -0.324 e. The van der Waals surface area contributed by atoms with Crippen molar-refractivity contribution in [1.29, 1.82) is 0 Å². The van der Waals surface area contributed by atoms with E-state index in [-0.39, 0.29) is 25.4 Å². The quantitative estimate of drug-likeness (QED) is 0.787. The van der Waals surface area contributed by atoms with Crippen LogP contribution in [-0.4, -0.2) is 35.7 Å². The summed E-state index contributed by atoms with van der Waals surface area (Å²) in [6.07, 6.45) is 0.151. The zero-order valence-corrected chi connectivity index (χ0v) is 10.2. The van der Waals surface area contributed by atoms with Gasteiger partial charge in [-0.2, -0.15) is 0 Å². The number of carbonyl (C=O) groups is 3. The number of imide groups is 1. The number of hydrogen-bond donors (Lipinski definition) is 1. The molecule has 5 nitrogen and oxygen atoms in total. The van der Waals surface area contributed by atoms with Gasteiger partial charge in [-0.3, -0.25) is 19.7 Å². The predicted octanol–water partition coefficient (Wildman–Crippen LogP) is 0.367. The lowest BCUT2D eigenvalue weighted by Crippen LogP contribution is -2.53. The molecule has 0 bridgehead atoms. The monoisotopic (exact) mass is 266 g/mol. The number of rotatable bonds is 2. The van der Waals surface area contributed by atoms with E-state index in [0.717, 1.165) is 5.56 Å². The van der Waals surface area contributed by atoms with Crippen LogP contribution in [-0.2, 0) is 20.8 Å². The maximum atomic E-state index is 11.9.